The van der Waals surface area contributed by atoms with Gasteiger partial charge in [-0.25, -0.2) is 4.98 Å². The van der Waals surface area contributed by atoms with Crippen molar-refractivity contribution in [2.45, 2.75) is 38.5 Å². The summed E-state index contributed by atoms with van der Waals surface area (Å²) in [6, 6.07) is 0. The van der Waals surface area contributed by atoms with Gasteiger partial charge in [0, 0.05) is 12.0 Å². The van der Waals surface area contributed by atoms with Crippen LogP contribution in [0.4, 0.5) is 0 Å². The number of rotatable bonds is 3. The molecule has 0 amide bonds. The minimum Gasteiger partial charge on any atom is -0.396 e. The van der Waals surface area contributed by atoms with Crippen LogP contribution >= 0.6 is 11.3 Å². The number of hydrogen-bond donors (Lipinski definition) is 1. The third-order valence-electron chi connectivity index (χ3n) is 3.29. The average molecular weight is 211 g/mol. The number of aromatic nitrogens is 1. The second-order valence-electron chi connectivity index (χ2n) is 4.38. The molecule has 1 heterocycles. The molecule has 2 rings (SSSR count). The Labute approximate surface area is 89.0 Å². The first-order chi connectivity index (χ1) is 6.85. The largest absolute Gasteiger partial charge is 0.396 e. The molecule has 1 aliphatic rings. The van der Waals surface area contributed by atoms with Crippen molar-refractivity contribution in [3.63, 3.8) is 0 Å². The molecule has 0 aromatic carbocycles. The van der Waals surface area contributed by atoms with E-state index in [-0.39, 0.29) is 5.41 Å². The molecule has 78 valence electrons. The fourth-order valence-electron chi connectivity index (χ4n) is 2.40. The first-order valence-corrected chi connectivity index (χ1v) is 6.27. The summed E-state index contributed by atoms with van der Waals surface area (Å²) in [5.41, 5.74) is 3.18. The predicted molar refractivity (Wildman–Crippen MR) is 58.4 cm³/mol. The van der Waals surface area contributed by atoms with Gasteiger partial charge in [-0.1, -0.05) is 19.3 Å². The van der Waals surface area contributed by atoms with Gasteiger partial charge in [0.15, 0.2) is 0 Å². The van der Waals surface area contributed by atoms with E-state index in [2.05, 4.69) is 10.4 Å². The molecule has 2 nitrogen and oxygen atoms in total. The molecule has 0 saturated heterocycles. The van der Waals surface area contributed by atoms with Crippen molar-refractivity contribution in [3.8, 4) is 0 Å². The van der Waals surface area contributed by atoms with Gasteiger partial charge in [-0.15, -0.1) is 11.3 Å². The van der Waals surface area contributed by atoms with E-state index in [9.17, 15) is 5.11 Å². The Morgan fingerprint density at radius 1 is 1.36 bits per heavy atom. The smallest absolute Gasteiger partial charge is 0.0794 e. The highest BCUT2D eigenvalue weighted by Gasteiger charge is 2.31. The van der Waals surface area contributed by atoms with Crippen LogP contribution in [0, 0.1) is 5.41 Å². The van der Waals surface area contributed by atoms with Crippen LogP contribution in [-0.4, -0.2) is 16.7 Å². The maximum Gasteiger partial charge on any atom is 0.0794 e. The molecule has 0 radical (unpaired) electrons. The third kappa shape index (κ3) is 2.15. The van der Waals surface area contributed by atoms with Crippen molar-refractivity contribution in [2.24, 2.45) is 5.41 Å². The summed E-state index contributed by atoms with van der Waals surface area (Å²) in [5.74, 6) is 0. The number of aliphatic hydroxyl groups excluding tert-OH is 1. The maximum atomic E-state index is 9.52. The molecular weight excluding hydrogens is 194 g/mol. The summed E-state index contributed by atoms with van der Waals surface area (Å²) in [7, 11) is 0. The molecule has 1 N–H and O–H groups in total. The zero-order chi connectivity index (χ0) is 9.86. The summed E-state index contributed by atoms with van der Waals surface area (Å²) in [6.07, 6.45) is 7.17. The Balaban J connectivity index is 2.04. The summed E-state index contributed by atoms with van der Waals surface area (Å²) >= 11 is 1.64. The Morgan fingerprint density at radius 3 is 2.71 bits per heavy atom. The van der Waals surface area contributed by atoms with Crippen LogP contribution in [0.5, 0.6) is 0 Å². The Hall–Kier alpha value is -0.410. The molecule has 1 fully saturated rings. The molecule has 1 aliphatic carbocycles. The van der Waals surface area contributed by atoms with E-state index in [0.717, 1.165) is 12.1 Å². The SMILES string of the molecule is OCC1(Cc2cscn2)CCCCC1. The average Bonchev–Trinajstić information content (AvgIpc) is 2.72. The van der Waals surface area contributed by atoms with Crippen LogP contribution in [-0.2, 0) is 6.42 Å². The lowest BCUT2D eigenvalue weighted by atomic mass is 9.72. The molecule has 3 heteroatoms. The second kappa shape index (κ2) is 4.41. The number of nitrogens with zero attached hydrogens (tertiary/aromatic N) is 1. The Kier molecular flexibility index (Phi) is 3.19. The van der Waals surface area contributed by atoms with Crippen molar-refractivity contribution >= 4 is 11.3 Å². The standard InChI is InChI=1S/C11H17NOS/c13-8-11(4-2-1-3-5-11)6-10-7-14-9-12-10/h7,9,13H,1-6,8H2. The van der Waals surface area contributed by atoms with Gasteiger partial charge in [0.05, 0.1) is 11.2 Å². The summed E-state index contributed by atoms with van der Waals surface area (Å²) in [5, 5.41) is 11.6. The molecule has 0 spiro atoms. The molecule has 14 heavy (non-hydrogen) atoms. The molecule has 1 saturated carbocycles. The minimum absolute atomic E-state index is 0.145. The lowest BCUT2D eigenvalue weighted by molar-refractivity contribution is 0.0815. The molecule has 0 aliphatic heterocycles. The van der Waals surface area contributed by atoms with Crippen molar-refractivity contribution in [3.05, 3.63) is 16.6 Å². The molecule has 0 atom stereocenters. The maximum absolute atomic E-state index is 9.52. The first-order valence-electron chi connectivity index (χ1n) is 5.33. The Bertz CT molecular complexity index is 265. The third-order valence-corrected chi connectivity index (χ3v) is 3.92. The van der Waals surface area contributed by atoms with Gasteiger partial charge < -0.3 is 5.11 Å². The van der Waals surface area contributed by atoms with E-state index in [0.29, 0.717) is 6.61 Å². The van der Waals surface area contributed by atoms with E-state index < -0.39 is 0 Å². The van der Waals surface area contributed by atoms with Crippen LogP contribution in [0.25, 0.3) is 0 Å². The Morgan fingerprint density at radius 2 is 2.14 bits per heavy atom. The van der Waals surface area contributed by atoms with E-state index >= 15 is 0 Å². The second-order valence-corrected chi connectivity index (χ2v) is 5.09. The van der Waals surface area contributed by atoms with Gasteiger partial charge in [-0.05, 0) is 24.7 Å². The van der Waals surface area contributed by atoms with E-state index in [1.807, 2.05) is 5.51 Å². The molecular formula is C11H17NOS. The minimum atomic E-state index is 0.145. The van der Waals surface area contributed by atoms with Gasteiger partial charge in [0.25, 0.3) is 0 Å². The van der Waals surface area contributed by atoms with E-state index in [1.54, 1.807) is 11.3 Å². The normalized spacial score (nSPS) is 20.9. The number of thiazole rings is 1. The highest BCUT2D eigenvalue weighted by molar-refractivity contribution is 7.07. The number of aliphatic hydroxyl groups is 1. The molecule has 1 aromatic heterocycles. The highest BCUT2D eigenvalue weighted by Crippen LogP contribution is 2.38. The lowest BCUT2D eigenvalue weighted by Gasteiger charge is -2.35. The fraction of sp³-hybridized carbons (Fsp3) is 0.727. The molecule has 0 unspecified atom stereocenters. The van der Waals surface area contributed by atoms with Crippen molar-refractivity contribution in [1.82, 2.24) is 4.98 Å². The first kappa shape index (κ1) is 10.1. The van der Waals surface area contributed by atoms with Gasteiger partial charge in [0.1, 0.15) is 0 Å². The predicted octanol–water partition coefficient (Wildman–Crippen LogP) is 2.63. The number of hydrogen-bond acceptors (Lipinski definition) is 3. The van der Waals surface area contributed by atoms with Crippen LogP contribution in [0.15, 0.2) is 10.9 Å². The van der Waals surface area contributed by atoms with Crippen LogP contribution < -0.4 is 0 Å². The van der Waals surface area contributed by atoms with E-state index in [4.69, 9.17) is 0 Å². The summed E-state index contributed by atoms with van der Waals surface area (Å²) in [6.45, 7) is 0.324. The monoisotopic (exact) mass is 211 g/mol. The summed E-state index contributed by atoms with van der Waals surface area (Å²) in [4.78, 5) is 4.31. The topological polar surface area (TPSA) is 33.1 Å². The zero-order valence-corrected chi connectivity index (χ0v) is 9.22. The van der Waals surface area contributed by atoms with Gasteiger partial charge in [-0.2, -0.15) is 0 Å². The zero-order valence-electron chi connectivity index (χ0n) is 8.41. The van der Waals surface area contributed by atoms with Gasteiger partial charge in [0.2, 0.25) is 0 Å². The lowest BCUT2D eigenvalue weighted by Crippen LogP contribution is -2.30. The molecule has 1 aromatic rings. The highest BCUT2D eigenvalue weighted by atomic mass is 32.1. The van der Waals surface area contributed by atoms with E-state index in [1.165, 1.54) is 32.1 Å². The van der Waals surface area contributed by atoms with Crippen molar-refractivity contribution in [1.29, 1.82) is 0 Å². The van der Waals surface area contributed by atoms with Crippen LogP contribution in [0.1, 0.15) is 37.8 Å². The van der Waals surface area contributed by atoms with Crippen molar-refractivity contribution in [2.75, 3.05) is 6.61 Å². The quantitative estimate of drug-likeness (QED) is 0.833. The van der Waals surface area contributed by atoms with Gasteiger partial charge >= 0.3 is 0 Å². The van der Waals surface area contributed by atoms with Crippen LogP contribution in [0.2, 0.25) is 0 Å². The van der Waals surface area contributed by atoms with Crippen molar-refractivity contribution < 1.29 is 5.11 Å². The van der Waals surface area contributed by atoms with Crippen LogP contribution in [0.3, 0.4) is 0 Å². The van der Waals surface area contributed by atoms with Gasteiger partial charge in [-0.3, -0.25) is 0 Å². The summed E-state index contributed by atoms with van der Waals surface area (Å²) < 4.78 is 0. The molecule has 0 bridgehead atoms. The fourth-order valence-corrected chi connectivity index (χ4v) is 2.96.